The smallest absolute Gasteiger partial charge is 0.410 e. The second kappa shape index (κ2) is 8.85. The van der Waals surface area contributed by atoms with Gasteiger partial charge in [0.05, 0.1) is 18.8 Å². The predicted octanol–water partition coefficient (Wildman–Crippen LogP) is 3.11. The molecule has 0 radical (unpaired) electrons. The van der Waals surface area contributed by atoms with Crippen LogP contribution in [0.4, 0.5) is 4.79 Å². The van der Waals surface area contributed by atoms with Crippen LogP contribution >= 0.6 is 0 Å². The van der Waals surface area contributed by atoms with E-state index in [9.17, 15) is 19.8 Å². The first kappa shape index (κ1) is 21.8. The van der Waals surface area contributed by atoms with Gasteiger partial charge in [-0.25, -0.2) is 9.59 Å². The highest BCUT2D eigenvalue weighted by Gasteiger charge is 2.32. The largest absolute Gasteiger partial charge is 0.480 e. The molecule has 1 aliphatic carbocycles. The fraction of sp³-hybridized carbons (Fsp3) is 0.391. The van der Waals surface area contributed by atoms with Gasteiger partial charge in [0.1, 0.15) is 6.61 Å². The molecule has 2 aromatic rings. The van der Waals surface area contributed by atoms with Gasteiger partial charge in [-0.1, -0.05) is 48.5 Å². The Hall–Kier alpha value is -2.90. The molecule has 0 saturated heterocycles. The minimum atomic E-state index is -1.22. The van der Waals surface area contributed by atoms with E-state index in [0.29, 0.717) is 0 Å². The van der Waals surface area contributed by atoms with E-state index in [1.54, 1.807) is 13.8 Å². The Kier molecular flexibility index (Phi) is 6.43. The molecule has 0 aliphatic heterocycles. The molecule has 3 rings (SSSR count). The Balaban J connectivity index is 1.66. The van der Waals surface area contributed by atoms with Crippen LogP contribution in [0.15, 0.2) is 48.5 Å². The zero-order valence-electron chi connectivity index (χ0n) is 17.4. The molecule has 0 aromatic heterocycles. The van der Waals surface area contributed by atoms with Gasteiger partial charge in [-0.2, -0.15) is 0 Å². The normalized spacial score (nSPS) is 14.0. The Labute approximate surface area is 175 Å². The standard InChI is InChI=1S/C23H27NO6/c1-23(2,28)14-29-13-20(21(25)26)24(3)22(27)30-12-19-17-10-6-4-8-15(17)16-9-5-7-11-18(16)19/h4-11,19-20,28H,12-14H2,1-3H3,(H,25,26). The second-order valence-electron chi connectivity index (χ2n) is 8.10. The van der Waals surface area contributed by atoms with Crippen LogP contribution in [0.5, 0.6) is 0 Å². The summed E-state index contributed by atoms with van der Waals surface area (Å²) in [4.78, 5) is 25.2. The maximum absolute atomic E-state index is 12.6. The van der Waals surface area contributed by atoms with E-state index in [2.05, 4.69) is 0 Å². The molecule has 30 heavy (non-hydrogen) atoms. The number of aliphatic carboxylic acids is 1. The maximum atomic E-state index is 12.6. The van der Waals surface area contributed by atoms with E-state index >= 15 is 0 Å². The molecular weight excluding hydrogens is 386 g/mol. The summed E-state index contributed by atoms with van der Waals surface area (Å²) in [6.07, 6.45) is -0.740. The van der Waals surface area contributed by atoms with Crippen LogP contribution < -0.4 is 0 Å². The number of amides is 1. The molecule has 160 valence electrons. The van der Waals surface area contributed by atoms with Crippen LogP contribution in [0, 0.1) is 0 Å². The van der Waals surface area contributed by atoms with Crippen molar-refractivity contribution in [2.75, 3.05) is 26.9 Å². The van der Waals surface area contributed by atoms with E-state index in [0.717, 1.165) is 27.2 Å². The van der Waals surface area contributed by atoms with E-state index in [1.807, 2.05) is 48.5 Å². The lowest BCUT2D eigenvalue weighted by Crippen LogP contribution is -2.46. The van der Waals surface area contributed by atoms with E-state index in [4.69, 9.17) is 9.47 Å². The number of likely N-dealkylation sites (N-methyl/N-ethyl adjacent to an activating group) is 1. The number of carboxylic acid groups (broad SMARTS) is 1. The number of aliphatic hydroxyl groups is 1. The maximum Gasteiger partial charge on any atom is 0.410 e. The summed E-state index contributed by atoms with van der Waals surface area (Å²) in [5, 5.41) is 19.2. The monoisotopic (exact) mass is 413 g/mol. The third kappa shape index (κ3) is 4.80. The predicted molar refractivity (Wildman–Crippen MR) is 111 cm³/mol. The molecule has 2 N–H and O–H groups in total. The van der Waals surface area contributed by atoms with Gasteiger partial charge in [0, 0.05) is 13.0 Å². The summed E-state index contributed by atoms with van der Waals surface area (Å²) >= 11 is 0. The molecule has 1 atom stereocenters. The van der Waals surface area contributed by atoms with Gasteiger partial charge < -0.3 is 19.7 Å². The van der Waals surface area contributed by atoms with Crippen LogP contribution in [0.3, 0.4) is 0 Å². The van der Waals surface area contributed by atoms with Crippen LogP contribution in [-0.4, -0.2) is 65.7 Å². The zero-order valence-corrected chi connectivity index (χ0v) is 17.4. The van der Waals surface area contributed by atoms with Crippen molar-refractivity contribution >= 4 is 12.1 Å². The van der Waals surface area contributed by atoms with Crippen molar-refractivity contribution in [3.05, 3.63) is 59.7 Å². The Bertz CT molecular complexity index is 874. The number of carbonyl (C=O) groups excluding carboxylic acids is 1. The number of fused-ring (bicyclic) bond motifs is 3. The van der Waals surface area contributed by atoms with Crippen molar-refractivity contribution in [1.29, 1.82) is 0 Å². The number of carbonyl (C=O) groups is 2. The van der Waals surface area contributed by atoms with Crippen molar-refractivity contribution in [3.63, 3.8) is 0 Å². The summed E-state index contributed by atoms with van der Waals surface area (Å²) < 4.78 is 10.8. The van der Waals surface area contributed by atoms with Crippen molar-refractivity contribution < 1.29 is 29.3 Å². The first-order valence-corrected chi connectivity index (χ1v) is 9.80. The lowest BCUT2D eigenvalue weighted by molar-refractivity contribution is -0.145. The molecule has 7 nitrogen and oxygen atoms in total. The van der Waals surface area contributed by atoms with Crippen LogP contribution in [0.25, 0.3) is 11.1 Å². The van der Waals surface area contributed by atoms with Crippen molar-refractivity contribution in [3.8, 4) is 11.1 Å². The van der Waals surface area contributed by atoms with Crippen molar-refractivity contribution in [1.82, 2.24) is 4.90 Å². The van der Waals surface area contributed by atoms with Crippen molar-refractivity contribution in [2.24, 2.45) is 0 Å². The molecule has 1 unspecified atom stereocenters. The highest BCUT2D eigenvalue weighted by Crippen LogP contribution is 2.44. The zero-order chi connectivity index (χ0) is 21.9. The van der Waals surface area contributed by atoms with Crippen LogP contribution in [0.2, 0.25) is 0 Å². The molecule has 2 aromatic carbocycles. The summed E-state index contributed by atoms with van der Waals surface area (Å²) in [5.74, 6) is -1.31. The molecule has 7 heteroatoms. The summed E-state index contributed by atoms with van der Waals surface area (Å²) in [5.41, 5.74) is 3.30. The molecule has 0 bridgehead atoms. The number of benzene rings is 2. The first-order valence-electron chi connectivity index (χ1n) is 9.80. The summed E-state index contributed by atoms with van der Waals surface area (Å²) in [7, 11) is 1.37. The Morgan fingerprint density at radius 3 is 2.10 bits per heavy atom. The molecule has 0 fully saturated rings. The van der Waals surface area contributed by atoms with Gasteiger partial charge >= 0.3 is 12.1 Å². The molecule has 1 amide bonds. The highest BCUT2D eigenvalue weighted by atomic mass is 16.6. The number of hydrogen-bond donors (Lipinski definition) is 2. The Morgan fingerprint density at radius 1 is 1.07 bits per heavy atom. The van der Waals surface area contributed by atoms with Gasteiger partial charge in [0.25, 0.3) is 0 Å². The van der Waals surface area contributed by atoms with Gasteiger partial charge in [-0.3, -0.25) is 4.90 Å². The topological polar surface area (TPSA) is 96.3 Å². The highest BCUT2D eigenvalue weighted by molar-refractivity contribution is 5.81. The fourth-order valence-electron chi connectivity index (χ4n) is 3.59. The molecular formula is C23H27NO6. The van der Waals surface area contributed by atoms with Crippen molar-refractivity contribution in [2.45, 2.75) is 31.4 Å². The average molecular weight is 413 g/mol. The first-order chi connectivity index (χ1) is 14.2. The quantitative estimate of drug-likeness (QED) is 0.690. The Morgan fingerprint density at radius 2 is 1.60 bits per heavy atom. The minimum absolute atomic E-state index is 0.0463. The molecule has 0 heterocycles. The minimum Gasteiger partial charge on any atom is -0.480 e. The molecule has 0 saturated carbocycles. The number of rotatable bonds is 8. The molecule has 0 spiro atoms. The summed E-state index contributed by atoms with van der Waals surface area (Å²) in [6.45, 7) is 2.92. The van der Waals surface area contributed by atoms with Gasteiger partial charge in [-0.05, 0) is 36.1 Å². The number of hydrogen-bond acceptors (Lipinski definition) is 5. The SMILES string of the molecule is CN(C(=O)OCC1c2ccccc2-c2ccccc21)C(COCC(C)(C)O)C(=O)O. The van der Waals surface area contributed by atoms with E-state index < -0.39 is 23.7 Å². The van der Waals surface area contributed by atoms with Gasteiger partial charge in [0.2, 0.25) is 0 Å². The third-order valence-electron chi connectivity index (χ3n) is 5.11. The van der Waals surface area contributed by atoms with Gasteiger partial charge in [0.15, 0.2) is 6.04 Å². The third-order valence-corrected chi connectivity index (χ3v) is 5.11. The lowest BCUT2D eigenvalue weighted by atomic mass is 9.98. The van der Waals surface area contributed by atoms with Gasteiger partial charge in [-0.15, -0.1) is 0 Å². The number of carboxylic acids is 1. The van der Waals surface area contributed by atoms with E-state index in [1.165, 1.54) is 7.05 Å². The average Bonchev–Trinajstić information content (AvgIpc) is 3.02. The fourth-order valence-corrected chi connectivity index (χ4v) is 3.59. The van der Waals surface area contributed by atoms with E-state index in [-0.39, 0.29) is 25.7 Å². The summed E-state index contributed by atoms with van der Waals surface area (Å²) in [6, 6.07) is 14.8. The molecule has 1 aliphatic rings. The number of nitrogens with zero attached hydrogens (tertiary/aromatic N) is 1. The van der Waals surface area contributed by atoms with Crippen LogP contribution in [-0.2, 0) is 14.3 Å². The second-order valence-corrected chi connectivity index (χ2v) is 8.10. The van der Waals surface area contributed by atoms with Crippen LogP contribution in [0.1, 0.15) is 30.9 Å². The number of ether oxygens (including phenoxy) is 2. The lowest BCUT2D eigenvalue weighted by Gasteiger charge is -2.26.